The highest BCUT2D eigenvalue weighted by Crippen LogP contribution is 2.34. The van der Waals surface area contributed by atoms with Crippen LogP contribution in [0.2, 0.25) is 5.02 Å². The number of para-hydroxylation sites is 2. The Hall–Kier alpha value is -3.85. The molecule has 1 aromatic heterocycles. The predicted octanol–water partition coefficient (Wildman–Crippen LogP) is 6.35. The Morgan fingerprint density at radius 3 is 2.15 bits per heavy atom. The number of Topliss-reactive ketones (excluding diaryl/α,β-unsaturated/α-hetero) is 1. The number of nitrogens with zero attached hydrogens (tertiary/aromatic N) is 2. The molecule has 0 unspecified atom stereocenters. The van der Waals surface area contributed by atoms with E-state index in [0.717, 1.165) is 23.7 Å². The molecule has 5 rings (SSSR count). The summed E-state index contributed by atoms with van der Waals surface area (Å²) < 4.78 is 43.4. The summed E-state index contributed by atoms with van der Waals surface area (Å²) in [7, 11) is 0. The Morgan fingerprint density at radius 1 is 0.875 bits per heavy atom. The van der Waals surface area contributed by atoms with E-state index in [0.29, 0.717) is 43.3 Å². The maximum atomic E-state index is 13.5. The first-order chi connectivity index (χ1) is 19.1. The van der Waals surface area contributed by atoms with E-state index in [9.17, 15) is 27.6 Å². The lowest BCUT2D eigenvalue weighted by Gasteiger charge is -2.29. The predicted molar refractivity (Wildman–Crippen MR) is 147 cm³/mol. The van der Waals surface area contributed by atoms with E-state index >= 15 is 0 Å². The molecule has 1 amide bonds. The molecule has 0 aliphatic heterocycles. The second-order valence-corrected chi connectivity index (χ2v) is 10.6. The quantitative estimate of drug-likeness (QED) is 0.264. The minimum absolute atomic E-state index is 0.0527. The van der Waals surface area contributed by atoms with Crippen molar-refractivity contribution in [2.75, 3.05) is 0 Å². The molecular formula is C30H27ClF3N3O3. The molecule has 1 N–H and O–H groups in total. The summed E-state index contributed by atoms with van der Waals surface area (Å²) in [6.45, 7) is 0.373. The number of alkyl halides is 3. The van der Waals surface area contributed by atoms with E-state index in [1.165, 1.54) is 4.57 Å². The van der Waals surface area contributed by atoms with Gasteiger partial charge in [-0.2, -0.15) is 13.2 Å². The summed E-state index contributed by atoms with van der Waals surface area (Å²) in [5.41, 5.74) is 0.175. The number of imidazole rings is 1. The van der Waals surface area contributed by atoms with Gasteiger partial charge in [-0.15, -0.1) is 0 Å². The molecule has 1 fully saturated rings. The molecule has 1 saturated carbocycles. The maximum absolute atomic E-state index is 13.5. The summed E-state index contributed by atoms with van der Waals surface area (Å²) in [6.07, 6.45) is -2.17. The van der Waals surface area contributed by atoms with Crippen LogP contribution in [-0.4, -0.2) is 26.9 Å². The smallest absolute Gasteiger partial charge is 0.349 e. The van der Waals surface area contributed by atoms with Gasteiger partial charge < -0.3 is 5.32 Å². The topological polar surface area (TPSA) is 73.1 Å². The number of ketones is 1. The largest absolute Gasteiger partial charge is 0.417 e. The Morgan fingerprint density at radius 2 is 1.50 bits per heavy atom. The van der Waals surface area contributed by atoms with E-state index in [1.54, 1.807) is 28.8 Å². The number of hydrogen-bond donors (Lipinski definition) is 1. The van der Waals surface area contributed by atoms with Gasteiger partial charge in [0.25, 0.3) is 5.91 Å². The molecule has 1 heterocycles. The minimum Gasteiger partial charge on any atom is -0.349 e. The summed E-state index contributed by atoms with van der Waals surface area (Å²) >= 11 is 5.87. The molecule has 40 heavy (non-hydrogen) atoms. The number of carbonyl (C=O) groups excluding carboxylic acids is 2. The van der Waals surface area contributed by atoms with E-state index < -0.39 is 23.2 Å². The van der Waals surface area contributed by atoms with E-state index in [4.69, 9.17) is 11.6 Å². The van der Waals surface area contributed by atoms with Crippen LogP contribution >= 0.6 is 11.6 Å². The lowest BCUT2D eigenvalue weighted by molar-refractivity contribution is -0.137. The van der Waals surface area contributed by atoms with Crippen LogP contribution in [0.15, 0.2) is 77.6 Å². The van der Waals surface area contributed by atoms with Crippen molar-refractivity contribution in [3.63, 3.8) is 0 Å². The number of carbonyl (C=O) groups is 2. The van der Waals surface area contributed by atoms with Crippen LogP contribution in [0.4, 0.5) is 13.2 Å². The third-order valence-electron chi connectivity index (χ3n) is 7.48. The molecular weight excluding hydrogens is 543 g/mol. The van der Waals surface area contributed by atoms with Crippen molar-refractivity contribution in [1.29, 1.82) is 0 Å². The highest BCUT2D eigenvalue weighted by molar-refractivity contribution is 6.31. The van der Waals surface area contributed by atoms with Gasteiger partial charge in [0.1, 0.15) is 0 Å². The zero-order valence-corrected chi connectivity index (χ0v) is 22.2. The first-order valence-corrected chi connectivity index (χ1v) is 13.4. The van der Waals surface area contributed by atoms with Crippen molar-refractivity contribution in [1.82, 2.24) is 14.5 Å². The van der Waals surface area contributed by atoms with Gasteiger partial charge in [0.15, 0.2) is 5.78 Å². The van der Waals surface area contributed by atoms with Crippen molar-refractivity contribution in [2.24, 2.45) is 5.92 Å². The van der Waals surface area contributed by atoms with Gasteiger partial charge in [0.2, 0.25) is 0 Å². The molecule has 6 nitrogen and oxygen atoms in total. The number of fused-ring (bicyclic) bond motifs is 1. The van der Waals surface area contributed by atoms with Crippen LogP contribution < -0.4 is 11.0 Å². The summed E-state index contributed by atoms with van der Waals surface area (Å²) in [6, 6.07) is 18.9. The first-order valence-electron chi connectivity index (χ1n) is 13.1. The van der Waals surface area contributed by atoms with Gasteiger partial charge in [-0.3, -0.25) is 18.7 Å². The van der Waals surface area contributed by atoms with Gasteiger partial charge >= 0.3 is 11.9 Å². The maximum Gasteiger partial charge on any atom is 0.417 e. The molecule has 0 spiro atoms. The zero-order chi connectivity index (χ0) is 28.4. The third kappa shape index (κ3) is 5.84. The number of halogens is 4. The van der Waals surface area contributed by atoms with E-state index in [2.05, 4.69) is 5.32 Å². The summed E-state index contributed by atoms with van der Waals surface area (Å²) in [5.74, 6) is -0.831. The second-order valence-electron chi connectivity index (χ2n) is 10.1. The number of aromatic nitrogens is 2. The summed E-state index contributed by atoms with van der Waals surface area (Å²) in [5, 5.41) is 2.79. The number of hydrogen-bond acceptors (Lipinski definition) is 3. The number of nitrogens with one attached hydrogen (secondary N) is 1. The van der Waals surface area contributed by atoms with Crippen molar-refractivity contribution >= 4 is 34.3 Å². The third-order valence-corrected chi connectivity index (χ3v) is 7.71. The molecule has 4 aromatic rings. The molecule has 0 saturated heterocycles. The van der Waals surface area contributed by atoms with Crippen LogP contribution in [-0.2, 0) is 19.3 Å². The second kappa shape index (κ2) is 11.3. The first kappa shape index (κ1) is 27.7. The Bertz CT molecular complexity index is 1600. The van der Waals surface area contributed by atoms with Crippen molar-refractivity contribution < 1.29 is 22.8 Å². The minimum atomic E-state index is -4.67. The molecule has 1 aliphatic carbocycles. The SMILES string of the molecule is O=C(Cn1c(=O)n(C[C@H]2CC[C@H](NC(=O)c3cc(Cl)ccc3C(F)(F)F)CC2)c2ccccc21)c1ccccc1. The van der Waals surface area contributed by atoms with Gasteiger partial charge in [-0.1, -0.05) is 54.1 Å². The van der Waals surface area contributed by atoms with Crippen molar-refractivity contribution in [3.8, 4) is 0 Å². The van der Waals surface area contributed by atoms with Gasteiger partial charge in [0.05, 0.1) is 28.7 Å². The molecule has 0 radical (unpaired) electrons. The fraction of sp³-hybridized carbons (Fsp3) is 0.300. The highest BCUT2D eigenvalue weighted by Gasteiger charge is 2.36. The number of rotatable bonds is 7. The lowest BCUT2D eigenvalue weighted by Crippen LogP contribution is -2.39. The Labute approximate surface area is 233 Å². The normalized spacial score (nSPS) is 17.6. The van der Waals surface area contributed by atoms with Crippen LogP contribution in [0.25, 0.3) is 11.0 Å². The van der Waals surface area contributed by atoms with Gasteiger partial charge in [0, 0.05) is 23.2 Å². The average Bonchev–Trinajstić information content (AvgIpc) is 3.19. The Kier molecular flexibility index (Phi) is 7.85. The molecule has 0 bridgehead atoms. The van der Waals surface area contributed by atoms with Crippen LogP contribution in [0.5, 0.6) is 0 Å². The molecule has 0 atom stereocenters. The standard InChI is InChI=1S/C30H27ClF3N3O3/c31-21-12-15-24(30(32,33)34)23(16-21)28(39)35-22-13-10-19(11-14-22)17-36-25-8-4-5-9-26(25)37(29(36)40)18-27(38)20-6-2-1-3-7-20/h1-9,12,15-16,19,22H,10-11,13-14,17-18H2,(H,35,39)/t19-,22-. The zero-order valence-electron chi connectivity index (χ0n) is 21.5. The molecule has 3 aromatic carbocycles. The van der Waals surface area contributed by atoms with E-state index in [1.807, 2.05) is 30.3 Å². The van der Waals surface area contributed by atoms with Gasteiger partial charge in [-0.25, -0.2) is 4.79 Å². The Balaban J connectivity index is 1.27. The monoisotopic (exact) mass is 569 g/mol. The van der Waals surface area contributed by atoms with Crippen LogP contribution in [0.1, 0.15) is 52.0 Å². The van der Waals surface area contributed by atoms with Crippen molar-refractivity contribution in [2.45, 2.75) is 51.0 Å². The fourth-order valence-corrected chi connectivity index (χ4v) is 5.59. The average molecular weight is 570 g/mol. The van der Waals surface area contributed by atoms with Gasteiger partial charge in [-0.05, 0) is 61.9 Å². The van der Waals surface area contributed by atoms with Crippen LogP contribution in [0.3, 0.4) is 0 Å². The molecule has 1 aliphatic rings. The van der Waals surface area contributed by atoms with E-state index in [-0.39, 0.29) is 35.0 Å². The fourth-order valence-electron chi connectivity index (χ4n) is 5.42. The molecule has 10 heteroatoms. The lowest BCUT2D eigenvalue weighted by atomic mass is 9.85. The number of benzene rings is 3. The van der Waals surface area contributed by atoms with Crippen LogP contribution in [0, 0.1) is 5.92 Å². The summed E-state index contributed by atoms with van der Waals surface area (Å²) in [4.78, 5) is 39.1. The van der Waals surface area contributed by atoms with Crippen molar-refractivity contribution in [3.05, 3.63) is 105 Å². The number of amides is 1. The highest BCUT2D eigenvalue weighted by atomic mass is 35.5. The molecule has 208 valence electrons.